The van der Waals surface area contributed by atoms with E-state index in [9.17, 15) is 4.79 Å². The number of carbonyl (C=O) groups excluding carboxylic acids is 1. The minimum atomic E-state index is -0.0957. The molecule has 0 bridgehead atoms. The number of rotatable bonds is 4. The lowest BCUT2D eigenvalue weighted by Gasteiger charge is -2.08. The van der Waals surface area contributed by atoms with Crippen LogP contribution in [-0.4, -0.2) is 22.7 Å². The van der Waals surface area contributed by atoms with Crippen molar-refractivity contribution in [3.8, 4) is 5.75 Å². The maximum atomic E-state index is 12.7. The number of carbonyl (C=O) groups is 1. The molecule has 0 amide bonds. The van der Waals surface area contributed by atoms with Crippen LogP contribution in [0.5, 0.6) is 5.75 Å². The van der Waals surface area contributed by atoms with Crippen LogP contribution in [0, 0.1) is 3.57 Å². The number of ether oxygens (including phenoxy) is 1. The molecule has 1 aromatic heterocycles. The van der Waals surface area contributed by atoms with E-state index in [1.54, 1.807) is 10.9 Å². The van der Waals surface area contributed by atoms with Crippen LogP contribution in [0.2, 0.25) is 0 Å². The highest BCUT2D eigenvalue weighted by atomic mass is 127. The van der Waals surface area contributed by atoms with Crippen LogP contribution in [0.3, 0.4) is 0 Å². The fourth-order valence-corrected chi connectivity index (χ4v) is 2.70. The van der Waals surface area contributed by atoms with Gasteiger partial charge in [0, 0.05) is 20.2 Å². The number of aromatic nitrogens is 2. The van der Waals surface area contributed by atoms with Gasteiger partial charge >= 0.3 is 0 Å². The minimum Gasteiger partial charge on any atom is -0.493 e. The Morgan fingerprint density at radius 3 is 2.89 bits per heavy atom. The van der Waals surface area contributed by atoms with Gasteiger partial charge in [-0.15, -0.1) is 0 Å². The Kier molecular flexibility index (Phi) is 4.62. The Morgan fingerprint density at radius 2 is 2.26 bits per heavy atom. The van der Waals surface area contributed by atoms with Crippen LogP contribution < -0.4 is 4.74 Å². The second-order valence-corrected chi connectivity index (χ2v) is 5.93. The normalized spacial score (nSPS) is 10.5. The van der Waals surface area contributed by atoms with Crippen molar-refractivity contribution in [1.82, 2.24) is 9.78 Å². The number of methoxy groups -OCH3 is 1. The molecule has 0 spiro atoms. The monoisotopic (exact) mass is 434 g/mol. The summed E-state index contributed by atoms with van der Waals surface area (Å²) in [5.41, 5.74) is 1.09. The fourth-order valence-electron chi connectivity index (χ4n) is 1.79. The molecule has 4 nitrogen and oxygen atoms in total. The van der Waals surface area contributed by atoms with Gasteiger partial charge in [0.05, 0.1) is 13.3 Å². The Balaban J connectivity index is 2.55. The standard InChI is InChI=1S/C13H12BrIN2O2/c1-3-17-12(11(19-2)7-16-17)13(18)9-6-8(15)4-5-10(9)14/h4-7H,3H2,1-2H3. The van der Waals surface area contributed by atoms with Gasteiger partial charge in [-0.1, -0.05) is 15.9 Å². The molecule has 0 unspecified atom stereocenters. The zero-order valence-corrected chi connectivity index (χ0v) is 14.2. The van der Waals surface area contributed by atoms with E-state index in [2.05, 4.69) is 43.6 Å². The summed E-state index contributed by atoms with van der Waals surface area (Å²) >= 11 is 5.60. The lowest BCUT2D eigenvalue weighted by molar-refractivity contribution is 0.102. The Bertz CT molecular complexity index is 604. The molecule has 1 heterocycles. The third-order valence-corrected chi connectivity index (χ3v) is 4.08. The Morgan fingerprint density at radius 1 is 1.53 bits per heavy atom. The van der Waals surface area contributed by atoms with Crippen molar-refractivity contribution in [3.05, 3.63) is 43.7 Å². The highest BCUT2D eigenvalue weighted by Gasteiger charge is 2.22. The summed E-state index contributed by atoms with van der Waals surface area (Å²) in [5.74, 6) is 0.402. The Hall–Kier alpha value is -0.890. The summed E-state index contributed by atoms with van der Waals surface area (Å²) in [5, 5.41) is 4.16. The van der Waals surface area contributed by atoms with Crippen LogP contribution >= 0.6 is 38.5 Å². The number of hydrogen-bond donors (Lipinski definition) is 0. The van der Waals surface area contributed by atoms with Gasteiger partial charge in [-0.2, -0.15) is 5.10 Å². The van der Waals surface area contributed by atoms with Crippen molar-refractivity contribution in [2.24, 2.45) is 0 Å². The second kappa shape index (κ2) is 6.04. The number of nitrogens with zero attached hydrogens (tertiary/aromatic N) is 2. The third kappa shape index (κ3) is 2.84. The lowest BCUT2D eigenvalue weighted by Crippen LogP contribution is -2.12. The molecule has 2 aromatic rings. The van der Waals surface area contributed by atoms with Gasteiger partial charge in [0.25, 0.3) is 0 Å². The second-order valence-electron chi connectivity index (χ2n) is 3.83. The minimum absolute atomic E-state index is 0.0957. The first-order valence-corrected chi connectivity index (χ1v) is 7.55. The van der Waals surface area contributed by atoms with Crippen molar-refractivity contribution < 1.29 is 9.53 Å². The van der Waals surface area contributed by atoms with Crippen molar-refractivity contribution >= 4 is 44.3 Å². The maximum Gasteiger partial charge on any atom is 0.216 e. The molecule has 0 aliphatic heterocycles. The van der Waals surface area contributed by atoms with Gasteiger partial charge < -0.3 is 4.74 Å². The van der Waals surface area contributed by atoms with Gasteiger partial charge in [0.1, 0.15) is 0 Å². The average Bonchev–Trinajstić information content (AvgIpc) is 2.83. The predicted molar refractivity (Wildman–Crippen MR) is 84.7 cm³/mol. The molecule has 0 aliphatic carbocycles. The van der Waals surface area contributed by atoms with Crippen molar-refractivity contribution in [2.45, 2.75) is 13.5 Å². The number of aryl methyl sites for hydroxylation is 1. The fraction of sp³-hybridized carbons (Fsp3) is 0.231. The number of hydrogen-bond acceptors (Lipinski definition) is 3. The van der Waals surface area contributed by atoms with E-state index in [-0.39, 0.29) is 5.78 Å². The first-order valence-electron chi connectivity index (χ1n) is 5.68. The van der Waals surface area contributed by atoms with Crippen molar-refractivity contribution in [1.29, 1.82) is 0 Å². The molecule has 0 radical (unpaired) electrons. The first-order chi connectivity index (χ1) is 9.08. The number of benzene rings is 1. The largest absolute Gasteiger partial charge is 0.493 e. The predicted octanol–water partition coefficient (Wildman–Crippen LogP) is 3.51. The van der Waals surface area contributed by atoms with Crippen molar-refractivity contribution in [2.75, 3.05) is 7.11 Å². The maximum absolute atomic E-state index is 12.7. The van der Waals surface area contributed by atoms with Gasteiger partial charge in [-0.25, -0.2) is 0 Å². The van der Waals surface area contributed by atoms with Crippen LogP contribution in [0.4, 0.5) is 0 Å². The molecule has 100 valence electrons. The smallest absolute Gasteiger partial charge is 0.216 e. The molecule has 0 aliphatic rings. The molecule has 19 heavy (non-hydrogen) atoms. The molecule has 0 atom stereocenters. The summed E-state index contributed by atoms with van der Waals surface area (Å²) in [7, 11) is 1.54. The molecule has 0 fully saturated rings. The van der Waals surface area contributed by atoms with Crippen LogP contribution in [0.1, 0.15) is 23.0 Å². The molecule has 0 saturated heterocycles. The van der Waals surface area contributed by atoms with Gasteiger partial charge in [0.2, 0.25) is 5.78 Å². The SMILES string of the molecule is CCn1ncc(OC)c1C(=O)c1cc(I)ccc1Br. The summed E-state index contributed by atoms with van der Waals surface area (Å²) < 4.78 is 8.64. The van der Waals surface area contributed by atoms with Gasteiger partial charge in [-0.3, -0.25) is 9.48 Å². The van der Waals surface area contributed by atoms with Gasteiger partial charge in [0.15, 0.2) is 11.4 Å². The van der Waals surface area contributed by atoms with E-state index in [0.29, 0.717) is 23.6 Å². The highest BCUT2D eigenvalue weighted by Crippen LogP contribution is 2.26. The molecule has 2 rings (SSSR count). The van der Waals surface area contributed by atoms with E-state index >= 15 is 0 Å². The summed E-state index contributed by atoms with van der Waals surface area (Å²) in [6, 6.07) is 5.66. The molecule has 1 aromatic carbocycles. The molecular weight excluding hydrogens is 423 g/mol. The van der Waals surface area contributed by atoms with Crippen LogP contribution in [0.25, 0.3) is 0 Å². The molecular formula is C13H12BrIN2O2. The van der Waals surface area contributed by atoms with E-state index in [1.165, 1.54) is 7.11 Å². The number of ketones is 1. The third-order valence-electron chi connectivity index (χ3n) is 2.71. The number of halogens is 2. The van der Waals surface area contributed by atoms with E-state index < -0.39 is 0 Å². The van der Waals surface area contributed by atoms with Gasteiger partial charge in [-0.05, 0) is 47.7 Å². The summed E-state index contributed by atoms with van der Waals surface area (Å²) in [6.07, 6.45) is 1.57. The molecule has 0 N–H and O–H groups in total. The van der Waals surface area contributed by atoms with E-state index in [1.807, 2.05) is 25.1 Å². The summed E-state index contributed by atoms with van der Waals surface area (Å²) in [4.78, 5) is 12.7. The average molecular weight is 435 g/mol. The van der Waals surface area contributed by atoms with E-state index in [4.69, 9.17) is 4.74 Å². The molecule has 0 saturated carbocycles. The zero-order valence-electron chi connectivity index (χ0n) is 10.5. The zero-order chi connectivity index (χ0) is 14.0. The first kappa shape index (κ1) is 14.5. The van der Waals surface area contributed by atoms with Crippen LogP contribution in [0.15, 0.2) is 28.9 Å². The van der Waals surface area contributed by atoms with Crippen molar-refractivity contribution in [3.63, 3.8) is 0 Å². The Labute approximate surface area is 133 Å². The molecule has 6 heteroatoms. The van der Waals surface area contributed by atoms with Crippen LogP contribution in [-0.2, 0) is 6.54 Å². The summed E-state index contributed by atoms with van der Waals surface area (Å²) in [6.45, 7) is 2.55. The topological polar surface area (TPSA) is 44.1 Å². The lowest BCUT2D eigenvalue weighted by atomic mass is 10.1. The quantitative estimate of drug-likeness (QED) is 0.546. The highest BCUT2D eigenvalue weighted by molar-refractivity contribution is 14.1. The van der Waals surface area contributed by atoms with E-state index in [0.717, 1.165) is 8.04 Å².